The van der Waals surface area contributed by atoms with Crippen LogP contribution in [0, 0.1) is 41.4 Å². The molecule has 5 rings (SSSR count). The predicted octanol–water partition coefficient (Wildman–Crippen LogP) is 9.49. The summed E-state index contributed by atoms with van der Waals surface area (Å²) in [5.41, 5.74) is 1.72. The van der Waals surface area contributed by atoms with Gasteiger partial charge >= 0.3 is 11.9 Å². The molecule has 0 N–H and O–H groups in total. The molecular weight excluding hydrogens is 584 g/mol. The van der Waals surface area contributed by atoms with Gasteiger partial charge in [-0.1, -0.05) is 108 Å². The molecule has 0 amide bonds. The molecule has 0 bridgehead atoms. The Bertz CT molecular complexity index is 1320. The summed E-state index contributed by atoms with van der Waals surface area (Å²) in [5.74, 6) is 0.546. The number of carbonyl (C=O) groups excluding carboxylic acids is 2. The van der Waals surface area contributed by atoms with E-state index in [0.717, 1.165) is 49.7 Å². The molecule has 0 unspecified atom stereocenters. The van der Waals surface area contributed by atoms with Crippen molar-refractivity contribution in [2.24, 2.45) is 41.4 Å². The van der Waals surface area contributed by atoms with Crippen molar-refractivity contribution in [2.75, 3.05) is 0 Å². The Morgan fingerprint density at radius 1 is 0.756 bits per heavy atom. The zero-order valence-corrected chi connectivity index (χ0v) is 28.5. The van der Waals surface area contributed by atoms with Crippen LogP contribution in [0.15, 0.2) is 60.7 Å². The summed E-state index contributed by atoms with van der Waals surface area (Å²) in [6.45, 7) is 13.2. The van der Waals surface area contributed by atoms with Gasteiger partial charge in [-0.3, -0.25) is 4.79 Å². The number of allylic oxidation sites excluding steroid dienone is 1. The SMILES string of the molecule is CC(C)[C@@H]1CC[C@@H](C)C[C@H]1OC(=O)[C@H]1[C@@H](c2ccc(Cl)cc2)C=C(c2ccccc2)O[C@H]1C(=O)O[C@@H]1C[C@H](C)CC[C@H]1C(C)C. The lowest BCUT2D eigenvalue weighted by Gasteiger charge is -2.41. The summed E-state index contributed by atoms with van der Waals surface area (Å²) in [5, 5.41) is 0.607. The number of benzene rings is 2. The average molecular weight is 635 g/mol. The quantitative estimate of drug-likeness (QED) is 0.271. The molecule has 2 fully saturated rings. The predicted molar refractivity (Wildman–Crippen MR) is 179 cm³/mol. The molecule has 0 aromatic heterocycles. The van der Waals surface area contributed by atoms with Crippen molar-refractivity contribution >= 4 is 29.3 Å². The van der Waals surface area contributed by atoms with Crippen LogP contribution in [0.2, 0.25) is 5.02 Å². The average Bonchev–Trinajstić information content (AvgIpc) is 3.01. The number of carbonyl (C=O) groups is 2. The molecule has 5 nitrogen and oxygen atoms in total. The number of rotatable bonds is 8. The first-order valence-corrected chi connectivity index (χ1v) is 17.5. The first-order valence-electron chi connectivity index (χ1n) is 17.1. The van der Waals surface area contributed by atoms with Crippen molar-refractivity contribution in [1.29, 1.82) is 0 Å². The van der Waals surface area contributed by atoms with Gasteiger partial charge in [0.2, 0.25) is 6.10 Å². The molecule has 6 heteroatoms. The van der Waals surface area contributed by atoms with E-state index in [1.54, 1.807) is 0 Å². The molecule has 9 atom stereocenters. The van der Waals surface area contributed by atoms with Crippen molar-refractivity contribution in [1.82, 2.24) is 0 Å². The van der Waals surface area contributed by atoms with Gasteiger partial charge in [-0.2, -0.15) is 0 Å². The minimum atomic E-state index is -1.15. The standard InChI is InChI=1S/C39H51ClO5/c1-23(2)30-18-12-25(5)20-34(30)44-38(41)36-32(27-14-16-29(40)17-15-27)22-33(28-10-8-7-9-11-28)43-37(36)39(42)45-35-21-26(6)13-19-31(35)24(3)4/h7-11,14-17,22-26,30-32,34-37H,12-13,18-21H2,1-6H3/t25-,26-,30+,31+,32-,34-,35-,36+,37-/m1/s1. The van der Waals surface area contributed by atoms with Crippen LogP contribution in [0.1, 0.15) is 97.1 Å². The molecule has 2 saturated carbocycles. The second-order valence-electron chi connectivity index (χ2n) is 14.6. The lowest BCUT2D eigenvalue weighted by molar-refractivity contribution is -0.180. The van der Waals surface area contributed by atoms with Crippen molar-refractivity contribution in [2.45, 2.75) is 104 Å². The minimum Gasteiger partial charge on any atom is -0.477 e. The highest BCUT2D eigenvalue weighted by molar-refractivity contribution is 6.30. The van der Waals surface area contributed by atoms with E-state index in [4.69, 9.17) is 25.8 Å². The molecule has 2 aliphatic carbocycles. The van der Waals surface area contributed by atoms with Gasteiger partial charge in [-0.25, -0.2) is 4.79 Å². The summed E-state index contributed by atoms with van der Waals surface area (Å²) < 4.78 is 19.4. The smallest absolute Gasteiger partial charge is 0.348 e. The highest BCUT2D eigenvalue weighted by Gasteiger charge is 2.49. The van der Waals surface area contributed by atoms with Crippen molar-refractivity contribution in [3.8, 4) is 0 Å². The fourth-order valence-corrected chi connectivity index (χ4v) is 8.00. The summed E-state index contributed by atoms with van der Waals surface area (Å²) in [6.07, 6.45) is 6.34. The van der Waals surface area contributed by atoms with E-state index in [-0.39, 0.29) is 24.0 Å². The zero-order valence-electron chi connectivity index (χ0n) is 27.8. The second kappa shape index (κ2) is 14.8. The van der Waals surface area contributed by atoms with Crippen LogP contribution in [0.5, 0.6) is 0 Å². The van der Waals surface area contributed by atoms with Gasteiger partial charge in [0.05, 0.1) is 0 Å². The molecule has 0 saturated heterocycles. The number of ether oxygens (including phenoxy) is 3. The number of hydrogen-bond donors (Lipinski definition) is 0. The Balaban J connectivity index is 1.54. The third kappa shape index (κ3) is 7.96. The van der Waals surface area contributed by atoms with Crippen molar-refractivity contribution in [3.05, 3.63) is 76.8 Å². The summed E-state index contributed by atoms with van der Waals surface area (Å²) >= 11 is 6.29. The van der Waals surface area contributed by atoms with Gasteiger partial charge in [0.15, 0.2) is 0 Å². The summed E-state index contributed by atoms with van der Waals surface area (Å²) in [7, 11) is 0. The lowest BCUT2D eigenvalue weighted by Crippen LogP contribution is -2.48. The van der Waals surface area contributed by atoms with E-state index in [1.807, 2.05) is 60.7 Å². The second-order valence-corrected chi connectivity index (χ2v) is 15.1. The molecule has 45 heavy (non-hydrogen) atoms. The summed E-state index contributed by atoms with van der Waals surface area (Å²) in [6, 6.07) is 17.3. The van der Waals surface area contributed by atoms with E-state index in [2.05, 4.69) is 41.5 Å². The normalized spacial score (nSPS) is 32.0. The maximum atomic E-state index is 14.5. The van der Waals surface area contributed by atoms with Crippen LogP contribution >= 0.6 is 11.6 Å². The highest BCUT2D eigenvalue weighted by atomic mass is 35.5. The zero-order chi connectivity index (χ0) is 32.2. The number of halogens is 1. The Labute approximate surface area is 275 Å². The van der Waals surface area contributed by atoms with Gasteiger partial charge in [-0.15, -0.1) is 0 Å². The van der Waals surface area contributed by atoms with Gasteiger partial charge < -0.3 is 14.2 Å². The largest absolute Gasteiger partial charge is 0.477 e. The fraction of sp³-hybridized carbons (Fsp3) is 0.590. The van der Waals surface area contributed by atoms with E-state index in [1.165, 1.54) is 0 Å². The molecule has 1 aliphatic heterocycles. The minimum absolute atomic E-state index is 0.201. The number of esters is 2. The monoisotopic (exact) mass is 634 g/mol. The van der Waals surface area contributed by atoms with Crippen LogP contribution in [-0.4, -0.2) is 30.3 Å². The molecule has 244 valence electrons. The van der Waals surface area contributed by atoms with Crippen LogP contribution in [0.25, 0.3) is 5.76 Å². The maximum Gasteiger partial charge on any atom is 0.348 e. The van der Waals surface area contributed by atoms with E-state index >= 15 is 0 Å². The van der Waals surface area contributed by atoms with Crippen LogP contribution in [0.4, 0.5) is 0 Å². The van der Waals surface area contributed by atoms with E-state index < -0.39 is 29.9 Å². The van der Waals surface area contributed by atoms with Crippen LogP contribution in [-0.2, 0) is 23.8 Å². The van der Waals surface area contributed by atoms with Gasteiger partial charge in [0, 0.05) is 16.5 Å². The molecule has 2 aromatic rings. The van der Waals surface area contributed by atoms with Crippen molar-refractivity contribution in [3.63, 3.8) is 0 Å². The molecule has 3 aliphatic rings. The van der Waals surface area contributed by atoms with Crippen LogP contribution < -0.4 is 0 Å². The summed E-state index contributed by atoms with van der Waals surface area (Å²) in [4.78, 5) is 28.9. The fourth-order valence-electron chi connectivity index (χ4n) is 7.87. The van der Waals surface area contributed by atoms with Crippen molar-refractivity contribution < 1.29 is 23.8 Å². The van der Waals surface area contributed by atoms with Gasteiger partial charge in [0.25, 0.3) is 0 Å². The molecule has 0 spiro atoms. The highest BCUT2D eigenvalue weighted by Crippen LogP contribution is 2.44. The molecular formula is C39H51ClO5. The molecule has 2 aromatic carbocycles. The van der Waals surface area contributed by atoms with E-state index in [9.17, 15) is 9.59 Å². The molecule has 1 heterocycles. The first-order chi connectivity index (χ1) is 21.5. The Kier molecular flexibility index (Phi) is 11.0. The maximum absolute atomic E-state index is 14.5. The first kappa shape index (κ1) is 33.6. The number of hydrogen-bond acceptors (Lipinski definition) is 5. The third-order valence-electron chi connectivity index (χ3n) is 10.6. The molecule has 0 radical (unpaired) electrons. The van der Waals surface area contributed by atoms with Gasteiger partial charge in [-0.05, 0) is 85.0 Å². The Morgan fingerprint density at radius 3 is 1.82 bits per heavy atom. The van der Waals surface area contributed by atoms with Gasteiger partial charge in [0.1, 0.15) is 23.9 Å². The lowest BCUT2D eigenvalue weighted by atomic mass is 9.75. The Morgan fingerprint density at radius 2 is 1.29 bits per heavy atom. The third-order valence-corrected chi connectivity index (χ3v) is 10.8. The van der Waals surface area contributed by atoms with E-state index in [0.29, 0.717) is 34.5 Å². The Hall–Kier alpha value is -2.79. The van der Waals surface area contributed by atoms with Crippen LogP contribution in [0.3, 0.4) is 0 Å². The topological polar surface area (TPSA) is 61.8 Å².